The van der Waals surface area contributed by atoms with Gasteiger partial charge in [0.15, 0.2) is 14.5 Å². The number of aliphatic hydroxyl groups excluding tert-OH is 1. The van der Waals surface area contributed by atoms with E-state index in [9.17, 15) is 19.5 Å². The Bertz CT molecular complexity index is 762. The van der Waals surface area contributed by atoms with E-state index >= 15 is 0 Å². The third-order valence-electron chi connectivity index (χ3n) is 6.27. The second kappa shape index (κ2) is 9.17. The summed E-state index contributed by atoms with van der Waals surface area (Å²) in [7, 11) is -2.39. The van der Waals surface area contributed by atoms with Crippen molar-refractivity contribution < 1.29 is 29.0 Å². The molecule has 5 atom stereocenters. The van der Waals surface area contributed by atoms with Crippen LogP contribution in [0.15, 0.2) is 24.3 Å². The minimum absolute atomic E-state index is 0.0514. The summed E-state index contributed by atoms with van der Waals surface area (Å²) in [6, 6.07) is 7.73. The van der Waals surface area contributed by atoms with Crippen molar-refractivity contribution in [1.29, 1.82) is 0 Å². The van der Waals surface area contributed by atoms with Crippen LogP contribution in [0.1, 0.15) is 38.7 Å². The first-order chi connectivity index (χ1) is 14.1. The molecule has 2 heterocycles. The first kappa shape index (κ1) is 22.9. The lowest BCUT2D eigenvalue weighted by Crippen LogP contribution is -2.54. The normalized spacial score (nSPS) is 29.1. The van der Waals surface area contributed by atoms with Crippen LogP contribution in [-0.4, -0.2) is 55.1 Å². The van der Waals surface area contributed by atoms with Crippen molar-refractivity contribution in [3.05, 3.63) is 29.8 Å². The van der Waals surface area contributed by atoms with E-state index in [-0.39, 0.29) is 42.6 Å². The second-order valence-electron chi connectivity index (χ2n) is 9.00. The van der Waals surface area contributed by atoms with Crippen LogP contribution in [0.2, 0.25) is 18.6 Å². The first-order valence-corrected chi connectivity index (χ1v) is 13.7. The molecular weight excluding hydrogens is 402 g/mol. The minimum Gasteiger partial charge on any atom is -0.441 e. The van der Waals surface area contributed by atoms with E-state index in [0.717, 1.165) is 24.1 Å². The number of hydrogen-bond acceptors (Lipinski definition) is 6. The lowest BCUT2D eigenvalue weighted by atomic mass is 9.95. The van der Waals surface area contributed by atoms with Crippen LogP contribution in [-0.2, 0) is 25.5 Å². The molecule has 0 radical (unpaired) electrons. The molecule has 8 heteroatoms. The van der Waals surface area contributed by atoms with Crippen LogP contribution >= 0.6 is 0 Å². The van der Waals surface area contributed by atoms with E-state index < -0.39 is 20.5 Å². The Morgan fingerprint density at radius 2 is 1.90 bits per heavy atom. The Morgan fingerprint density at radius 3 is 2.43 bits per heavy atom. The summed E-state index contributed by atoms with van der Waals surface area (Å²) >= 11 is 0. The summed E-state index contributed by atoms with van der Waals surface area (Å²) < 4.78 is 11.4. The van der Waals surface area contributed by atoms with E-state index in [1.807, 2.05) is 37.4 Å². The molecule has 1 aromatic rings. The van der Waals surface area contributed by atoms with Crippen LogP contribution < -0.4 is 4.90 Å². The Labute approximate surface area is 179 Å². The molecule has 1 amide bonds. The maximum Gasteiger partial charge on any atom is 0.304 e. The number of carbonyl (C=O) groups is 2. The molecule has 0 aliphatic carbocycles. The van der Waals surface area contributed by atoms with Crippen LogP contribution in [0.25, 0.3) is 0 Å². The van der Waals surface area contributed by atoms with Gasteiger partial charge in [0, 0.05) is 24.8 Å². The van der Waals surface area contributed by atoms with Gasteiger partial charge in [0.25, 0.3) is 0 Å². The summed E-state index contributed by atoms with van der Waals surface area (Å²) in [5, 5.41) is 9.37. The van der Waals surface area contributed by atoms with Crippen molar-refractivity contribution in [3.63, 3.8) is 0 Å². The third kappa shape index (κ3) is 4.94. The molecule has 2 aliphatic heterocycles. The van der Waals surface area contributed by atoms with Gasteiger partial charge in [0.1, 0.15) is 0 Å². The number of rotatable bonds is 8. The number of hydrogen-bond donors (Lipinski definition) is 2. The van der Waals surface area contributed by atoms with Crippen molar-refractivity contribution in [2.75, 3.05) is 11.5 Å². The van der Waals surface area contributed by atoms with Crippen molar-refractivity contribution in [2.45, 2.75) is 76.6 Å². The number of carbonyl (C=O) groups excluding carboxylic acids is 2. The van der Waals surface area contributed by atoms with Gasteiger partial charge in [-0.2, -0.15) is 0 Å². The molecule has 0 aromatic heterocycles. The molecule has 2 saturated heterocycles. The van der Waals surface area contributed by atoms with E-state index in [2.05, 4.69) is 6.92 Å². The molecule has 7 nitrogen and oxygen atoms in total. The molecule has 166 valence electrons. The fourth-order valence-electron chi connectivity index (χ4n) is 4.92. The Kier molecular flexibility index (Phi) is 7.01. The van der Waals surface area contributed by atoms with Gasteiger partial charge in [0.2, 0.25) is 5.91 Å². The maximum atomic E-state index is 11.9. The molecule has 2 aliphatic rings. The average molecular weight is 436 g/mol. The standard InChI is InChI=1S/C22H33NO6Si/c1-14-18(29-19(11-12-24)22(14)30(3,4)27)10-7-16-5-8-17(9-6-16)23-20(26)13-21(23)28-15(2)25/h5-6,8-9,14,18-19,21-22,24,27H,7,10-13H2,1-4H3/t14-,18+,19-,21?,22+/m0/s1. The zero-order chi connectivity index (χ0) is 22.1. The number of benzene rings is 1. The number of ether oxygens (including phenoxy) is 2. The number of aliphatic hydroxyl groups is 1. The molecule has 2 N–H and O–H groups in total. The highest BCUT2D eigenvalue weighted by Crippen LogP contribution is 2.45. The zero-order valence-corrected chi connectivity index (χ0v) is 19.2. The smallest absolute Gasteiger partial charge is 0.304 e. The van der Waals surface area contributed by atoms with Crippen LogP contribution in [0.3, 0.4) is 0 Å². The maximum absolute atomic E-state index is 11.9. The van der Waals surface area contributed by atoms with Gasteiger partial charge in [-0.1, -0.05) is 19.1 Å². The van der Waals surface area contributed by atoms with E-state index in [1.165, 1.54) is 11.8 Å². The number of amides is 1. The van der Waals surface area contributed by atoms with E-state index in [0.29, 0.717) is 6.42 Å². The fourth-order valence-corrected chi connectivity index (χ4v) is 7.58. The minimum atomic E-state index is -2.39. The lowest BCUT2D eigenvalue weighted by Gasteiger charge is -2.39. The highest BCUT2D eigenvalue weighted by atomic mass is 28.4. The second-order valence-corrected chi connectivity index (χ2v) is 13.0. The first-order valence-electron chi connectivity index (χ1n) is 10.7. The fraction of sp³-hybridized carbons (Fsp3) is 0.636. The molecule has 2 fully saturated rings. The Morgan fingerprint density at radius 1 is 1.23 bits per heavy atom. The largest absolute Gasteiger partial charge is 0.441 e. The predicted octanol–water partition coefficient (Wildman–Crippen LogP) is 2.60. The number of nitrogens with zero attached hydrogens (tertiary/aromatic N) is 1. The van der Waals surface area contributed by atoms with Gasteiger partial charge in [-0.05, 0) is 56.0 Å². The van der Waals surface area contributed by atoms with Gasteiger partial charge in [-0.15, -0.1) is 0 Å². The molecule has 0 spiro atoms. The van der Waals surface area contributed by atoms with E-state index in [4.69, 9.17) is 9.47 Å². The molecule has 30 heavy (non-hydrogen) atoms. The molecule has 3 rings (SSSR count). The summed E-state index contributed by atoms with van der Waals surface area (Å²) in [4.78, 5) is 35.3. The Hall–Kier alpha value is -1.74. The van der Waals surface area contributed by atoms with Crippen molar-refractivity contribution in [2.24, 2.45) is 5.92 Å². The molecule has 0 bridgehead atoms. The SMILES string of the molecule is CC(=O)OC1CC(=O)N1c1ccc(CC[C@H]2O[C@@H](CCO)[C@H]([Si](C)(C)O)[C@H]2C)cc1. The van der Waals surface area contributed by atoms with Crippen LogP contribution in [0.5, 0.6) is 0 Å². The molecule has 1 aromatic carbocycles. The monoisotopic (exact) mass is 435 g/mol. The quantitative estimate of drug-likeness (QED) is 0.370. The van der Waals surface area contributed by atoms with Crippen molar-refractivity contribution in [3.8, 4) is 0 Å². The third-order valence-corrected chi connectivity index (χ3v) is 8.80. The number of esters is 1. The summed E-state index contributed by atoms with van der Waals surface area (Å²) in [6.07, 6.45) is 1.89. The van der Waals surface area contributed by atoms with Crippen LogP contribution in [0, 0.1) is 5.92 Å². The molecule has 0 saturated carbocycles. The predicted molar refractivity (Wildman–Crippen MR) is 115 cm³/mol. The van der Waals surface area contributed by atoms with E-state index in [1.54, 1.807) is 0 Å². The van der Waals surface area contributed by atoms with Gasteiger partial charge in [-0.25, -0.2) is 0 Å². The van der Waals surface area contributed by atoms with Crippen molar-refractivity contribution in [1.82, 2.24) is 0 Å². The molecular formula is C22H33NO6Si. The summed E-state index contributed by atoms with van der Waals surface area (Å²) in [5.41, 5.74) is 1.98. The average Bonchev–Trinajstić information content (AvgIpc) is 2.96. The van der Waals surface area contributed by atoms with Crippen LogP contribution in [0.4, 0.5) is 5.69 Å². The van der Waals surface area contributed by atoms with Gasteiger partial charge in [0.05, 0.1) is 18.6 Å². The summed E-state index contributed by atoms with van der Waals surface area (Å²) in [5.74, 6) is -0.207. The zero-order valence-electron chi connectivity index (χ0n) is 18.2. The topological polar surface area (TPSA) is 96.3 Å². The number of aryl methyl sites for hydroxylation is 1. The van der Waals surface area contributed by atoms with Gasteiger partial charge in [-0.3, -0.25) is 14.5 Å². The Balaban J connectivity index is 1.60. The highest BCUT2D eigenvalue weighted by molar-refractivity contribution is 6.71. The van der Waals surface area contributed by atoms with Gasteiger partial charge < -0.3 is 19.4 Å². The summed E-state index contributed by atoms with van der Waals surface area (Å²) in [6.45, 7) is 7.44. The van der Waals surface area contributed by atoms with Crippen molar-refractivity contribution >= 4 is 25.9 Å². The molecule has 1 unspecified atom stereocenters. The lowest BCUT2D eigenvalue weighted by molar-refractivity contribution is -0.153. The van der Waals surface area contributed by atoms with Gasteiger partial charge >= 0.3 is 5.97 Å². The highest BCUT2D eigenvalue weighted by Gasteiger charge is 2.49. The number of anilines is 1. The number of β-lactam (4-membered cyclic amide) rings is 1.